The summed E-state index contributed by atoms with van der Waals surface area (Å²) in [5, 5.41) is 8.69. The van der Waals surface area contributed by atoms with E-state index in [4.69, 9.17) is 5.11 Å². The first kappa shape index (κ1) is 11.0. The zero-order chi connectivity index (χ0) is 10.7. The minimum absolute atomic E-state index is 0.0829. The maximum Gasteiger partial charge on any atom is 0.305 e. The Labute approximate surface area is 83.3 Å². The standard InChI is InChI=1S/C9H16N2O3/c1-3-11-5-4-10(2)9(14)7(11)6-8(12)13/h7H,3-6H2,1-2H3,(H,12,13). The van der Waals surface area contributed by atoms with E-state index in [2.05, 4.69) is 0 Å². The van der Waals surface area contributed by atoms with Crippen LogP contribution < -0.4 is 0 Å². The maximum atomic E-state index is 11.7. The van der Waals surface area contributed by atoms with Gasteiger partial charge in [-0.3, -0.25) is 14.5 Å². The average Bonchev–Trinajstić information content (AvgIpc) is 2.13. The van der Waals surface area contributed by atoms with Crippen molar-refractivity contribution < 1.29 is 14.7 Å². The van der Waals surface area contributed by atoms with Gasteiger partial charge in [0.2, 0.25) is 5.91 Å². The van der Waals surface area contributed by atoms with Crippen molar-refractivity contribution in [3.05, 3.63) is 0 Å². The van der Waals surface area contributed by atoms with Gasteiger partial charge in [-0.1, -0.05) is 6.92 Å². The van der Waals surface area contributed by atoms with E-state index in [0.717, 1.165) is 13.1 Å². The topological polar surface area (TPSA) is 60.9 Å². The molecular weight excluding hydrogens is 184 g/mol. The van der Waals surface area contributed by atoms with E-state index < -0.39 is 12.0 Å². The fourth-order valence-corrected chi connectivity index (χ4v) is 1.72. The maximum absolute atomic E-state index is 11.7. The van der Waals surface area contributed by atoms with Gasteiger partial charge in [0.15, 0.2) is 0 Å². The predicted molar refractivity (Wildman–Crippen MR) is 50.9 cm³/mol. The summed E-state index contributed by atoms with van der Waals surface area (Å²) in [4.78, 5) is 25.7. The summed E-state index contributed by atoms with van der Waals surface area (Å²) < 4.78 is 0. The lowest BCUT2D eigenvalue weighted by Gasteiger charge is -2.37. The molecule has 1 amide bonds. The normalized spacial score (nSPS) is 24.0. The van der Waals surface area contributed by atoms with E-state index >= 15 is 0 Å². The summed E-state index contributed by atoms with van der Waals surface area (Å²) >= 11 is 0. The Kier molecular flexibility index (Phi) is 3.46. The lowest BCUT2D eigenvalue weighted by Crippen LogP contribution is -2.56. The molecule has 5 nitrogen and oxygen atoms in total. The number of amides is 1. The predicted octanol–water partition coefficient (Wildman–Crippen LogP) is -0.376. The van der Waals surface area contributed by atoms with Crippen LogP contribution in [0.5, 0.6) is 0 Å². The molecule has 5 heteroatoms. The lowest BCUT2D eigenvalue weighted by molar-refractivity contribution is -0.148. The second-order valence-corrected chi connectivity index (χ2v) is 3.50. The lowest BCUT2D eigenvalue weighted by atomic mass is 10.1. The molecule has 0 radical (unpaired) electrons. The molecule has 14 heavy (non-hydrogen) atoms. The van der Waals surface area contributed by atoms with Crippen LogP contribution in [-0.2, 0) is 9.59 Å². The van der Waals surface area contributed by atoms with Crippen LogP contribution >= 0.6 is 0 Å². The first-order valence-electron chi connectivity index (χ1n) is 4.77. The van der Waals surface area contributed by atoms with Gasteiger partial charge in [0.1, 0.15) is 0 Å². The Balaban J connectivity index is 2.71. The van der Waals surface area contributed by atoms with Crippen LogP contribution in [0, 0.1) is 0 Å². The molecule has 0 aromatic heterocycles. The molecule has 0 aromatic rings. The van der Waals surface area contributed by atoms with Gasteiger partial charge in [-0.25, -0.2) is 0 Å². The Morgan fingerprint density at radius 2 is 2.21 bits per heavy atom. The van der Waals surface area contributed by atoms with Gasteiger partial charge >= 0.3 is 5.97 Å². The van der Waals surface area contributed by atoms with Crippen molar-refractivity contribution in [2.24, 2.45) is 0 Å². The molecule has 0 bridgehead atoms. The first-order valence-corrected chi connectivity index (χ1v) is 4.77. The highest BCUT2D eigenvalue weighted by molar-refractivity contribution is 5.86. The van der Waals surface area contributed by atoms with Crippen molar-refractivity contribution in [3.8, 4) is 0 Å². The highest BCUT2D eigenvalue weighted by atomic mass is 16.4. The Morgan fingerprint density at radius 1 is 1.57 bits per heavy atom. The summed E-state index contributed by atoms with van der Waals surface area (Å²) in [5.41, 5.74) is 0. The number of carbonyl (C=O) groups excluding carboxylic acids is 1. The van der Waals surface area contributed by atoms with E-state index in [0.29, 0.717) is 6.54 Å². The van der Waals surface area contributed by atoms with Crippen molar-refractivity contribution in [1.82, 2.24) is 9.80 Å². The van der Waals surface area contributed by atoms with Crippen LogP contribution in [0.2, 0.25) is 0 Å². The van der Waals surface area contributed by atoms with Crippen molar-refractivity contribution >= 4 is 11.9 Å². The number of nitrogens with zero attached hydrogens (tertiary/aromatic N) is 2. The molecule has 1 heterocycles. The van der Waals surface area contributed by atoms with Crippen molar-refractivity contribution in [3.63, 3.8) is 0 Å². The van der Waals surface area contributed by atoms with Crippen LogP contribution in [0.15, 0.2) is 0 Å². The second-order valence-electron chi connectivity index (χ2n) is 3.50. The first-order chi connectivity index (χ1) is 6.56. The number of carbonyl (C=O) groups is 2. The molecule has 0 spiro atoms. The number of piperazine rings is 1. The van der Waals surface area contributed by atoms with Crippen molar-refractivity contribution in [1.29, 1.82) is 0 Å². The van der Waals surface area contributed by atoms with Gasteiger partial charge < -0.3 is 10.0 Å². The zero-order valence-electron chi connectivity index (χ0n) is 8.56. The number of carboxylic acids is 1. The summed E-state index contributed by atoms with van der Waals surface area (Å²) in [6.45, 7) is 4.10. The van der Waals surface area contributed by atoms with E-state index in [1.54, 1.807) is 11.9 Å². The van der Waals surface area contributed by atoms with Gasteiger partial charge in [-0.05, 0) is 6.54 Å². The average molecular weight is 200 g/mol. The highest BCUT2D eigenvalue weighted by Gasteiger charge is 2.33. The molecule has 80 valence electrons. The Bertz CT molecular complexity index is 242. The van der Waals surface area contributed by atoms with Crippen molar-refractivity contribution in [2.75, 3.05) is 26.7 Å². The molecule has 0 saturated carbocycles. The van der Waals surface area contributed by atoms with Crippen LogP contribution in [0.1, 0.15) is 13.3 Å². The summed E-state index contributed by atoms with van der Waals surface area (Å²) in [7, 11) is 1.71. The zero-order valence-corrected chi connectivity index (χ0v) is 8.56. The van der Waals surface area contributed by atoms with Gasteiger partial charge in [-0.15, -0.1) is 0 Å². The largest absolute Gasteiger partial charge is 0.481 e. The van der Waals surface area contributed by atoms with E-state index in [1.165, 1.54) is 0 Å². The minimum atomic E-state index is -0.919. The molecule has 1 rings (SSSR count). The summed E-state index contributed by atoms with van der Waals surface area (Å²) in [6, 6.07) is -0.476. The van der Waals surface area contributed by atoms with Crippen LogP contribution in [-0.4, -0.2) is 59.5 Å². The third kappa shape index (κ3) is 2.23. The second kappa shape index (κ2) is 4.41. The summed E-state index contributed by atoms with van der Waals surface area (Å²) in [6.07, 6.45) is -0.100. The minimum Gasteiger partial charge on any atom is -0.481 e. The number of carboxylic acid groups (broad SMARTS) is 1. The molecule has 1 fully saturated rings. The number of rotatable bonds is 3. The quantitative estimate of drug-likeness (QED) is 0.675. The van der Waals surface area contributed by atoms with Crippen molar-refractivity contribution in [2.45, 2.75) is 19.4 Å². The molecule has 1 N–H and O–H groups in total. The number of hydrogen-bond acceptors (Lipinski definition) is 3. The fourth-order valence-electron chi connectivity index (χ4n) is 1.72. The highest BCUT2D eigenvalue weighted by Crippen LogP contribution is 2.12. The van der Waals surface area contributed by atoms with E-state index in [9.17, 15) is 9.59 Å². The monoisotopic (exact) mass is 200 g/mol. The van der Waals surface area contributed by atoms with Crippen LogP contribution in [0.4, 0.5) is 0 Å². The number of aliphatic carboxylic acids is 1. The SMILES string of the molecule is CCN1CCN(C)C(=O)C1CC(=O)O. The van der Waals surface area contributed by atoms with Crippen LogP contribution in [0.25, 0.3) is 0 Å². The molecule has 1 aliphatic heterocycles. The molecule has 1 unspecified atom stereocenters. The smallest absolute Gasteiger partial charge is 0.305 e. The van der Waals surface area contributed by atoms with Gasteiger partial charge in [0, 0.05) is 20.1 Å². The Morgan fingerprint density at radius 3 is 2.71 bits per heavy atom. The molecule has 1 atom stereocenters. The number of hydrogen-bond donors (Lipinski definition) is 1. The molecular formula is C9H16N2O3. The number of likely N-dealkylation sites (N-methyl/N-ethyl adjacent to an activating group) is 2. The molecule has 1 saturated heterocycles. The van der Waals surface area contributed by atoms with Gasteiger partial charge in [0.05, 0.1) is 12.5 Å². The molecule has 1 aliphatic rings. The van der Waals surface area contributed by atoms with Crippen LogP contribution in [0.3, 0.4) is 0 Å². The van der Waals surface area contributed by atoms with Gasteiger partial charge in [0.25, 0.3) is 0 Å². The third-order valence-electron chi connectivity index (χ3n) is 2.60. The fraction of sp³-hybridized carbons (Fsp3) is 0.778. The summed E-state index contributed by atoms with van der Waals surface area (Å²) in [5.74, 6) is -1.00. The molecule has 0 aromatic carbocycles. The van der Waals surface area contributed by atoms with E-state index in [-0.39, 0.29) is 12.3 Å². The third-order valence-corrected chi connectivity index (χ3v) is 2.60. The van der Waals surface area contributed by atoms with E-state index in [1.807, 2.05) is 11.8 Å². The molecule has 0 aliphatic carbocycles. The Hall–Kier alpha value is -1.10. The van der Waals surface area contributed by atoms with Gasteiger partial charge in [-0.2, -0.15) is 0 Å².